The van der Waals surface area contributed by atoms with Crippen LogP contribution in [-0.4, -0.2) is 37.2 Å². The van der Waals surface area contributed by atoms with E-state index in [1.165, 1.54) is 12.1 Å². The van der Waals surface area contributed by atoms with Crippen LogP contribution in [0.1, 0.15) is 12.8 Å². The van der Waals surface area contributed by atoms with E-state index in [4.69, 9.17) is 4.74 Å². The van der Waals surface area contributed by atoms with Crippen molar-refractivity contribution < 1.29 is 13.9 Å². The SMILES string of the molecule is CN1CCCC1COC(=O)Nc1ccccc1-c1cccc(F)c1. The summed E-state index contributed by atoms with van der Waals surface area (Å²) in [5.74, 6) is -0.311. The summed E-state index contributed by atoms with van der Waals surface area (Å²) >= 11 is 0. The van der Waals surface area contributed by atoms with Crippen molar-refractivity contribution in [3.63, 3.8) is 0 Å². The molecule has 1 unspecified atom stereocenters. The molecule has 4 nitrogen and oxygen atoms in total. The molecule has 5 heteroatoms. The number of nitrogens with zero attached hydrogens (tertiary/aromatic N) is 1. The van der Waals surface area contributed by atoms with E-state index < -0.39 is 6.09 Å². The number of nitrogens with one attached hydrogen (secondary N) is 1. The quantitative estimate of drug-likeness (QED) is 0.917. The third kappa shape index (κ3) is 3.92. The van der Waals surface area contributed by atoms with Crippen molar-refractivity contribution in [1.82, 2.24) is 4.90 Å². The Bertz CT molecular complexity index is 720. The van der Waals surface area contributed by atoms with Crippen LogP contribution < -0.4 is 5.32 Å². The molecular weight excluding hydrogens is 307 g/mol. The summed E-state index contributed by atoms with van der Waals surface area (Å²) in [7, 11) is 2.04. The molecule has 1 saturated heterocycles. The highest BCUT2D eigenvalue weighted by Crippen LogP contribution is 2.28. The number of para-hydroxylation sites is 1. The van der Waals surface area contributed by atoms with Gasteiger partial charge < -0.3 is 9.64 Å². The molecule has 1 fully saturated rings. The molecule has 0 spiro atoms. The van der Waals surface area contributed by atoms with E-state index in [2.05, 4.69) is 10.2 Å². The van der Waals surface area contributed by atoms with Gasteiger partial charge in [-0.2, -0.15) is 0 Å². The smallest absolute Gasteiger partial charge is 0.411 e. The molecule has 1 N–H and O–H groups in total. The summed E-state index contributed by atoms with van der Waals surface area (Å²) in [5, 5.41) is 2.77. The number of benzene rings is 2. The van der Waals surface area contributed by atoms with Gasteiger partial charge in [-0.1, -0.05) is 30.3 Å². The standard InChI is InChI=1S/C19H21FN2O2/c1-22-11-5-8-16(22)13-24-19(23)21-18-10-3-2-9-17(18)14-6-4-7-15(20)12-14/h2-4,6-7,9-10,12,16H,5,8,11,13H2,1H3,(H,21,23). The number of amides is 1. The van der Waals surface area contributed by atoms with E-state index in [0.717, 1.165) is 24.9 Å². The van der Waals surface area contributed by atoms with E-state index in [-0.39, 0.29) is 11.9 Å². The molecule has 24 heavy (non-hydrogen) atoms. The number of halogens is 1. The number of likely N-dealkylation sites (tertiary alicyclic amines) is 1. The normalized spacial score (nSPS) is 17.7. The average molecular weight is 328 g/mol. The molecule has 1 atom stereocenters. The fourth-order valence-corrected chi connectivity index (χ4v) is 3.01. The second kappa shape index (κ2) is 7.45. The zero-order chi connectivity index (χ0) is 16.9. The largest absolute Gasteiger partial charge is 0.448 e. The zero-order valence-corrected chi connectivity index (χ0v) is 13.7. The molecule has 3 rings (SSSR count). The lowest BCUT2D eigenvalue weighted by Gasteiger charge is -2.19. The van der Waals surface area contributed by atoms with Crippen LogP contribution in [0.4, 0.5) is 14.9 Å². The van der Waals surface area contributed by atoms with Gasteiger partial charge in [-0.15, -0.1) is 0 Å². The molecule has 1 aliphatic heterocycles. The van der Waals surface area contributed by atoms with Crippen LogP contribution in [0.3, 0.4) is 0 Å². The predicted molar refractivity (Wildman–Crippen MR) is 92.5 cm³/mol. The van der Waals surface area contributed by atoms with Gasteiger partial charge in [0.05, 0.1) is 5.69 Å². The summed E-state index contributed by atoms with van der Waals surface area (Å²) < 4.78 is 18.8. The third-order valence-corrected chi connectivity index (χ3v) is 4.38. The van der Waals surface area contributed by atoms with Crippen molar-refractivity contribution in [2.45, 2.75) is 18.9 Å². The third-order valence-electron chi connectivity index (χ3n) is 4.38. The van der Waals surface area contributed by atoms with E-state index >= 15 is 0 Å². The maximum absolute atomic E-state index is 13.5. The van der Waals surface area contributed by atoms with Gasteiger partial charge in [0.2, 0.25) is 0 Å². The monoisotopic (exact) mass is 328 g/mol. The molecule has 0 bridgehead atoms. The number of hydrogen-bond donors (Lipinski definition) is 1. The molecule has 0 aliphatic carbocycles. The molecule has 1 aliphatic rings. The van der Waals surface area contributed by atoms with E-state index in [1.54, 1.807) is 12.1 Å². The average Bonchev–Trinajstić information content (AvgIpc) is 2.98. The molecule has 1 heterocycles. The van der Waals surface area contributed by atoms with E-state index in [1.807, 2.05) is 31.3 Å². The minimum absolute atomic E-state index is 0.286. The van der Waals surface area contributed by atoms with Crippen LogP contribution in [0.5, 0.6) is 0 Å². The Kier molecular flexibility index (Phi) is 5.11. The zero-order valence-electron chi connectivity index (χ0n) is 13.7. The van der Waals surface area contributed by atoms with Crippen LogP contribution in [0, 0.1) is 5.82 Å². The lowest BCUT2D eigenvalue weighted by Crippen LogP contribution is -2.31. The Morgan fingerprint density at radius 1 is 1.29 bits per heavy atom. The number of likely N-dealkylation sites (N-methyl/N-ethyl adjacent to an activating group) is 1. The Hall–Kier alpha value is -2.40. The second-order valence-electron chi connectivity index (χ2n) is 6.06. The first kappa shape index (κ1) is 16.5. The van der Waals surface area contributed by atoms with Crippen molar-refractivity contribution >= 4 is 11.8 Å². The number of carbonyl (C=O) groups is 1. The van der Waals surface area contributed by atoms with Gasteiger partial charge in [0.25, 0.3) is 0 Å². The first-order valence-electron chi connectivity index (χ1n) is 8.12. The molecule has 2 aromatic rings. The Balaban J connectivity index is 1.68. The molecule has 0 aromatic heterocycles. The topological polar surface area (TPSA) is 41.6 Å². The minimum atomic E-state index is -0.487. The minimum Gasteiger partial charge on any atom is -0.448 e. The van der Waals surface area contributed by atoms with Crippen molar-refractivity contribution in [3.05, 3.63) is 54.3 Å². The second-order valence-corrected chi connectivity index (χ2v) is 6.06. The van der Waals surface area contributed by atoms with Gasteiger partial charge in [-0.25, -0.2) is 9.18 Å². The Morgan fingerprint density at radius 2 is 2.12 bits per heavy atom. The lowest BCUT2D eigenvalue weighted by molar-refractivity contribution is 0.127. The van der Waals surface area contributed by atoms with Gasteiger partial charge >= 0.3 is 6.09 Å². The maximum Gasteiger partial charge on any atom is 0.411 e. The fourth-order valence-electron chi connectivity index (χ4n) is 3.01. The summed E-state index contributed by atoms with van der Waals surface area (Å²) in [6, 6.07) is 13.9. The maximum atomic E-state index is 13.5. The first-order valence-corrected chi connectivity index (χ1v) is 8.12. The lowest BCUT2D eigenvalue weighted by atomic mass is 10.0. The highest BCUT2D eigenvalue weighted by Gasteiger charge is 2.22. The molecule has 2 aromatic carbocycles. The summed E-state index contributed by atoms with van der Waals surface area (Å²) in [6.45, 7) is 1.42. The number of hydrogen-bond acceptors (Lipinski definition) is 3. The number of anilines is 1. The Labute approximate surface area is 141 Å². The van der Waals surface area contributed by atoms with E-state index in [0.29, 0.717) is 17.9 Å². The first-order chi connectivity index (χ1) is 11.6. The van der Waals surface area contributed by atoms with Crippen LogP contribution in [0.25, 0.3) is 11.1 Å². The van der Waals surface area contributed by atoms with Crippen LogP contribution in [-0.2, 0) is 4.74 Å². The van der Waals surface area contributed by atoms with Gasteiger partial charge in [0, 0.05) is 11.6 Å². The van der Waals surface area contributed by atoms with Crippen LogP contribution in [0.15, 0.2) is 48.5 Å². The highest BCUT2D eigenvalue weighted by molar-refractivity contribution is 5.91. The van der Waals surface area contributed by atoms with Gasteiger partial charge in [-0.3, -0.25) is 5.32 Å². The van der Waals surface area contributed by atoms with Crippen LogP contribution in [0.2, 0.25) is 0 Å². The number of carbonyl (C=O) groups excluding carboxylic acids is 1. The van der Waals surface area contributed by atoms with Gasteiger partial charge in [0.15, 0.2) is 0 Å². The molecule has 1 amide bonds. The van der Waals surface area contributed by atoms with Crippen molar-refractivity contribution in [1.29, 1.82) is 0 Å². The van der Waals surface area contributed by atoms with E-state index in [9.17, 15) is 9.18 Å². The summed E-state index contributed by atoms with van der Waals surface area (Å²) in [6.07, 6.45) is 1.69. The van der Waals surface area contributed by atoms with Crippen LogP contribution >= 0.6 is 0 Å². The molecular formula is C19H21FN2O2. The van der Waals surface area contributed by atoms with Crippen molar-refractivity contribution in [2.75, 3.05) is 25.5 Å². The summed E-state index contributed by atoms with van der Waals surface area (Å²) in [4.78, 5) is 14.3. The molecule has 126 valence electrons. The molecule has 0 radical (unpaired) electrons. The highest BCUT2D eigenvalue weighted by atomic mass is 19.1. The van der Waals surface area contributed by atoms with Crippen molar-refractivity contribution in [2.24, 2.45) is 0 Å². The Morgan fingerprint density at radius 3 is 2.88 bits per heavy atom. The van der Waals surface area contributed by atoms with Gasteiger partial charge in [-0.05, 0) is 50.2 Å². The fraction of sp³-hybridized carbons (Fsp3) is 0.316. The summed E-state index contributed by atoms with van der Waals surface area (Å²) in [5.41, 5.74) is 2.07. The molecule has 0 saturated carbocycles. The predicted octanol–water partition coefficient (Wildman–Crippen LogP) is 4.14. The van der Waals surface area contributed by atoms with Gasteiger partial charge in [0.1, 0.15) is 12.4 Å². The number of rotatable bonds is 4. The van der Waals surface area contributed by atoms with Crippen molar-refractivity contribution in [3.8, 4) is 11.1 Å². The number of ether oxygens (including phenoxy) is 1.